The molecule has 1 aromatic rings. The molecule has 0 fully saturated rings. The molecule has 9 nitrogen and oxygen atoms in total. The lowest BCUT2D eigenvalue weighted by Gasteiger charge is -2.08. The largest absolute Gasteiger partial charge is 0.493 e. The van der Waals surface area contributed by atoms with Crippen LogP contribution in [0.15, 0.2) is 39.9 Å². The Labute approximate surface area is 151 Å². The molecular formula is C17H23N3O6. The molecule has 3 N–H and O–H groups in total. The van der Waals surface area contributed by atoms with Crippen molar-refractivity contribution in [2.24, 2.45) is 15.9 Å². The molecule has 0 aliphatic heterocycles. The molecule has 0 saturated carbocycles. The molecule has 0 aromatic heterocycles. The van der Waals surface area contributed by atoms with Crippen LogP contribution in [0.5, 0.6) is 11.5 Å². The van der Waals surface area contributed by atoms with Gasteiger partial charge in [0.1, 0.15) is 0 Å². The van der Waals surface area contributed by atoms with Crippen molar-refractivity contribution in [3.05, 3.63) is 35.3 Å². The number of rotatable bonds is 9. The van der Waals surface area contributed by atoms with Crippen molar-refractivity contribution < 1.29 is 28.8 Å². The maximum absolute atomic E-state index is 11.9. The molecular weight excluding hydrogens is 342 g/mol. The van der Waals surface area contributed by atoms with Crippen LogP contribution < -0.4 is 15.2 Å². The first-order chi connectivity index (χ1) is 12.5. The molecule has 0 saturated heterocycles. The zero-order valence-electron chi connectivity index (χ0n) is 15.2. The summed E-state index contributed by atoms with van der Waals surface area (Å²) in [6.07, 6.45) is 1.40. The van der Waals surface area contributed by atoms with Crippen molar-refractivity contribution >= 4 is 18.0 Å². The molecule has 0 atom stereocenters. The van der Waals surface area contributed by atoms with Crippen molar-refractivity contribution in [2.75, 3.05) is 27.4 Å². The predicted octanol–water partition coefficient (Wildman–Crippen LogP) is 1.76. The lowest BCUT2D eigenvalue weighted by atomic mass is 10.2. The van der Waals surface area contributed by atoms with Crippen LogP contribution in [0.1, 0.15) is 19.4 Å². The van der Waals surface area contributed by atoms with Crippen molar-refractivity contribution in [3.63, 3.8) is 0 Å². The van der Waals surface area contributed by atoms with Gasteiger partial charge in [-0.3, -0.25) is 0 Å². The van der Waals surface area contributed by atoms with Crippen LogP contribution in [-0.4, -0.2) is 50.6 Å². The molecule has 0 aliphatic carbocycles. The Balaban J connectivity index is 3.07. The van der Waals surface area contributed by atoms with Crippen molar-refractivity contribution in [1.82, 2.24) is 0 Å². The standard InChI is InChI=1S/C17H23N3O6/c1-5-25-16(21)14(17(22)26-6-2)15(18)20-19-10-11-7-8-12(23-3)13(9-11)24-4/h7-10,21H,5-6H2,1-4H3,(H2,18,20)/b16-14-,19-10+. The van der Waals surface area contributed by atoms with Gasteiger partial charge < -0.3 is 29.8 Å². The van der Waals surface area contributed by atoms with Crippen molar-refractivity contribution in [2.45, 2.75) is 13.8 Å². The lowest BCUT2D eigenvalue weighted by Crippen LogP contribution is -2.25. The van der Waals surface area contributed by atoms with E-state index in [0.717, 1.165) is 0 Å². The summed E-state index contributed by atoms with van der Waals surface area (Å²) >= 11 is 0. The first-order valence-electron chi connectivity index (χ1n) is 7.80. The van der Waals surface area contributed by atoms with Gasteiger partial charge in [-0.05, 0) is 37.6 Å². The van der Waals surface area contributed by atoms with Gasteiger partial charge in [0.05, 0.1) is 33.6 Å². The Morgan fingerprint density at radius 3 is 2.38 bits per heavy atom. The highest BCUT2D eigenvalue weighted by atomic mass is 16.6. The summed E-state index contributed by atoms with van der Waals surface area (Å²) < 4.78 is 20.1. The maximum Gasteiger partial charge on any atom is 0.349 e. The average Bonchev–Trinajstić information content (AvgIpc) is 2.62. The predicted molar refractivity (Wildman–Crippen MR) is 96.7 cm³/mol. The highest BCUT2D eigenvalue weighted by molar-refractivity contribution is 6.18. The van der Waals surface area contributed by atoms with Gasteiger partial charge in [-0.15, -0.1) is 5.10 Å². The fourth-order valence-electron chi connectivity index (χ4n) is 1.85. The number of hydrogen-bond donors (Lipinski definition) is 2. The zero-order chi connectivity index (χ0) is 19.5. The maximum atomic E-state index is 11.9. The van der Waals surface area contributed by atoms with Crippen LogP contribution in [0.3, 0.4) is 0 Å². The van der Waals surface area contributed by atoms with Gasteiger partial charge >= 0.3 is 5.97 Å². The Morgan fingerprint density at radius 2 is 1.81 bits per heavy atom. The first kappa shape index (κ1) is 20.8. The number of esters is 1. The van der Waals surface area contributed by atoms with Gasteiger partial charge in [0.25, 0.3) is 5.95 Å². The van der Waals surface area contributed by atoms with E-state index in [4.69, 9.17) is 24.7 Å². The number of aliphatic hydroxyl groups is 1. The van der Waals surface area contributed by atoms with Crippen LogP contribution in [0.25, 0.3) is 0 Å². The molecule has 0 heterocycles. The van der Waals surface area contributed by atoms with E-state index in [-0.39, 0.29) is 19.0 Å². The number of nitrogens with two attached hydrogens (primary N) is 1. The summed E-state index contributed by atoms with van der Waals surface area (Å²) in [4.78, 5) is 11.9. The quantitative estimate of drug-likeness (QED) is 0.171. The second-order valence-corrected chi connectivity index (χ2v) is 4.68. The fraction of sp³-hybridized carbons (Fsp3) is 0.353. The van der Waals surface area contributed by atoms with Gasteiger partial charge in [-0.25, -0.2) is 4.79 Å². The minimum Gasteiger partial charge on any atom is -0.493 e. The molecule has 9 heteroatoms. The number of ether oxygens (including phenoxy) is 4. The summed E-state index contributed by atoms with van der Waals surface area (Å²) in [5, 5.41) is 17.4. The Kier molecular flexibility index (Phi) is 8.48. The fourth-order valence-corrected chi connectivity index (χ4v) is 1.85. The van der Waals surface area contributed by atoms with E-state index in [2.05, 4.69) is 10.2 Å². The molecule has 26 heavy (non-hydrogen) atoms. The Hall–Kier alpha value is -3.23. The highest BCUT2D eigenvalue weighted by Crippen LogP contribution is 2.26. The summed E-state index contributed by atoms with van der Waals surface area (Å²) in [6.45, 7) is 3.50. The Morgan fingerprint density at radius 1 is 1.15 bits per heavy atom. The zero-order valence-corrected chi connectivity index (χ0v) is 15.2. The number of carbonyl (C=O) groups is 1. The van der Waals surface area contributed by atoms with Crippen molar-refractivity contribution in [3.8, 4) is 11.5 Å². The number of benzene rings is 1. The summed E-state index contributed by atoms with van der Waals surface area (Å²) in [5.74, 6) is -0.781. The van der Waals surface area contributed by atoms with Crippen LogP contribution in [0, 0.1) is 0 Å². The van der Waals surface area contributed by atoms with E-state index in [1.165, 1.54) is 20.4 Å². The number of aliphatic hydroxyl groups excluding tert-OH is 1. The third-order valence-corrected chi connectivity index (χ3v) is 3.01. The third kappa shape index (κ3) is 5.69. The number of hydrogen-bond acceptors (Lipinski definition) is 8. The van der Waals surface area contributed by atoms with Crippen LogP contribution >= 0.6 is 0 Å². The minimum atomic E-state index is -0.860. The number of amidine groups is 1. The van der Waals surface area contributed by atoms with E-state index < -0.39 is 17.5 Å². The van der Waals surface area contributed by atoms with Gasteiger partial charge in [-0.1, -0.05) is 0 Å². The van der Waals surface area contributed by atoms with Crippen LogP contribution in [0.4, 0.5) is 0 Å². The molecule has 0 aliphatic rings. The van der Waals surface area contributed by atoms with E-state index in [1.807, 2.05) is 0 Å². The molecule has 0 radical (unpaired) electrons. The number of methoxy groups -OCH3 is 2. The third-order valence-electron chi connectivity index (χ3n) is 3.01. The van der Waals surface area contributed by atoms with Gasteiger partial charge in [0.15, 0.2) is 22.9 Å². The normalized spacial score (nSPS) is 12.5. The monoisotopic (exact) mass is 365 g/mol. The summed E-state index contributed by atoms with van der Waals surface area (Å²) in [5.41, 5.74) is 6.01. The van der Waals surface area contributed by atoms with Gasteiger partial charge in [-0.2, -0.15) is 5.10 Å². The number of nitrogens with zero attached hydrogens (tertiary/aromatic N) is 2. The average molecular weight is 365 g/mol. The molecule has 0 amide bonds. The second-order valence-electron chi connectivity index (χ2n) is 4.68. The van der Waals surface area contributed by atoms with Crippen LogP contribution in [0.2, 0.25) is 0 Å². The van der Waals surface area contributed by atoms with E-state index in [0.29, 0.717) is 17.1 Å². The van der Waals surface area contributed by atoms with E-state index >= 15 is 0 Å². The molecule has 142 valence electrons. The van der Waals surface area contributed by atoms with Crippen LogP contribution in [-0.2, 0) is 14.3 Å². The van der Waals surface area contributed by atoms with Gasteiger partial charge in [0, 0.05) is 0 Å². The van der Waals surface area contributed by atoms with Gasteiger partial charge in [0.2, 0.25) is 0 Å². The minimum absolute atomic E-state index is 0.101. The smallest absolute Gasteiger partial charge is 0.349 e. The molecule has 1 rings (SSSR count). The Bertz CT molecular complexity index is 712. The topological polar surface area (TPSA) is 125 Å². The molecule has 0 unspecified atom stereocenters. The highest BCUT2D eigenvalue weighted by Gasteiger charge is 2.22. The molecule has 0 spiro atoms. The number of carbonyl (C=O) groups excluding carboxylic acids is 1. The lowest BCUT2D eigenvalue weighted by molar-refractivity contribution is -0.138. The van der Waals surface area contributed by atoms with E-state index in [9.17, 15) is 9.90 Å². The first-order valence-corrected chi connectivity index (χ1v) is 7.80. The summed E-state index contributed by atoms with van der Waals surface area (Å²) in [6, 6.07) is 5.13. The molecule has 1 aromatic carbocycles. The SMILES string of the molecule is CCOC(=O)C(/C(N)=N/N=C/c1ccc(OC)c(OC)c1)=C(/O)OCC. The van der Waals surface area contributed by atoms with E-state index in [1.54, 1.807) is 32.0 Å². The van der Waals surface area contributed by atoms with Crippen molar-refractivity contribution in [1.29, 1.82) is 0 Å². The summed E-state index contributed by atoms with van der Waals surface area (Å²) in [7, 11) is 3.05. The molecule has 0 bridgehead atoms. The second kappa shape index (κ2) is 10.6.